The number of anilines is 1. The molecule has 0 unspecified atom stereocenters. The lowest BCUT2D eigenvalue weighted by molar-refractivity contribution is 0.0600. The van der Waals surface area contributed by atoms with Crippen LogP contribution < -0.4 is 10.1 Å². The summed E-state index contributed by atoms with van der Waals surface area (Å²) in [4.78, 5) is 11.4. The topological polar surface area (TPSA) is 47.6 Å². The molecular weight excluding hydrogens is 326 g/mol. The van der Waals surface area contributed by atoms with Crippen molar-refractivity contribution in [1.29, 1.82) is 0 Å². The number of carbonyl (C=O) groups excluding carboxylic acids is 1. The second kappa shape index (κ2) is 8.72. The highest BCUT2D eigenvalue weighted by atomic mass is 16.5. The number of hydrogen-bond donors (Lipinski definition) is 1. The van der Waals surface area contributed by atoms with Crippen LogP contribution >= 0.6 is 0 Å². The number of methoxy groups -OCH3 is 1. The maximum Gasteiger partial charge on any atom is 0.337 e. The Labute approximate surface area is 153 Å². The van der Waals surface area contributed by atoms with Crippen molar-refractivity contribution in [2.24, 2.45) is 0 Å². The molecule has 1 N–H and O–H groups in total. The number of ether oxygens (including phenoxy) is 2. The quantitative estimate of drug-likeness (QED) is 0.631. The molecule has 0 saturated carbocycles. The van der Waals surface area contributed by atoms with Gasteiger partial charge in [0.15, 0.2) is 0 Å². The fraction of sp³-hybridized carbons (Fsp3) is 0.136. The summed E-state index contributed by atoms with van der Waals surface area (Å²) in [5.74, 6) is 0.477. The highest BCUT2D eigenvalue weighted by Gasteiger charge is 2.05. The van der Waals surface area contributed by atoms with E-state index in [0.717, 1.165) is 29.1 Å². The van der Waals surface area contributed by atoms with E-state index in [2.05, 4.69) is 11.4 Å². The minimum absolute atomic E-state index is 0.337. The maximum atomic E-state index is 11.4. The van der Waals surface area contributed by atoms with E-state index in [4.69, 9.17) is 9.47 Å². The predicted octanol–water partition coefficient (Wildman–Crippen LogP) is 4.66. The monoisotopic (exact) mass is 347 g/mol. The maximum absolute atomic E-state index is 11.4. The SMILES string of the molecule is COC(=O)c1ccc(COc2cccc(CNc3ccccc3)c2)cc1. The normalized spacial score (nSPS) is 10.2. The molecule has 132 valence electrons. The molecule has 0 saturated heterocycles. The summed E-state index contributed by atoms with van der Waals surface area (Å²) >= 11 is 0. The Morgan fingerprint density at radius 3 is 2.38 bits per heavy atom. The molecule has 0 aliphatic carbocycles. The molecule has 0 aromatic heterocycles. The zero-order chi connectivity index (χ0) is 18.2. The molecule has 0 aliphatic heterocycles. The largest absolute Gasteiger partial charge is 0.489 e. The number of esters is 1. The van der Waals surface area contributed by atoms with Crippen molar-refractivity contribution in [3.63, 3.8) is 0 Å². The van der Waals surface area contributed by atoms with Crippen molar-refractivity contribution in [2.75, 3.05) is 12.4 Å². The highest BCUT2D eigenvalue weighted by Crippen LogP contribution is 2.17. The Kier molecular flexibility index (Phi) is 5.88. The van der Waals surface area contributed by atoms with E-state index < -0.39 is 0 Å². The highest BCUT2D eigenvalue weighted by molar-refractivity contribution is 5.89. The molecule has 0 fully saturated rings. The van der Waals surface area contributed by atoms with Crippen molar-refractivity contribution in [1.82, 2.24) is 0 Å². The zero-order valence-corrected chi connectivity index (χ0v) is 14.6. The lowest BCUT2D eigenvalue weighted by atomic mass is 10.1. The smallest absolute Gasteiger partial charge is 0.337 e. The van der Waals surface area contributed by atoms with Crippen molar-refractivity contribution < 1.29 is 14.3 Å². The molecule has 4 nitrogen and oxygen atoms in total. The first-order valence-electron chi connectivity index (χ1n) is 8.42. The average Bonchev–Trinajstić information content (AvgIpc) is 2.71. The summed E-state index contributed by atoms with van der Waals surface area (Å²) in [6.07, 6.45) is 0. The second-order valence-corrected chi connectivity index (χ2v) is 5.84. The lowest BCUT2D eigenvalue weighted by Crippen LogP contribution is -2.02. The Morgan fingerprint density at radius 1 is 0.885 bits per heavy atom. The van der Waals surface area contributed by atoms with Gasteiger partial charge in [-0.1, -0.05) is 42.5 Å². The Balaban J connectivity index is 1.56. The molecule has 0 heterocycles. The first kappa shape index (κ1) is 17.5. The summed E-state index contributed by atoms with van der Waals surface area (Å²) in [5, 5.41) is 3.38. The van der Waals surface area contributed by atoms with E-state index >= 15 is 0 Å². The van der Waals surface area contributed by atoms with E-state index in [0.29, 0.717) is 12.2 Å². The van der Waals surface area contributed by atoms with Crippen LogP contribution in [0.4, 0.5) is 5.69 Å². The van der Waals surface area contributed by atoms with Gasteiger partial charge < -0.3 is 14.8 Å². The molecule has 3 aromatic carbocycles. The van der Waals surface area contributed by atoms with E-state index in [9.17, 15) is 4.79 Å². The third-order valence-electron chi connectivity index (χ3n) is 3.95. The number of nitrogens with one attached hydrogen (secondary N) is 1. The minimum Gasteiger partial charge on any atom is -0.489 e. The lowest BCUT2D eigenvalue weighted by Gasteiger charge is -2.10. The molecule has 0 atom stereocenters. The van der Waals surface area contributed by atoms with Gasteiger partial charge >= 0.3 is 5.97 Å². The molecule has 0 bridgehead atoms. The number of carbonyl (C=O) groups is 1. The van der Waals surface area contributed by atoms with Crippen LogP contribution in [-0.4, -0.2) is 13.1 Å². The first-order valence-corrected chi connectivity index (χ1v) is 8.42. The Bertz CT molecular complexity index is 845. The molecule has 0 amide bonds. The second-order valence-electron chi connectivity index (χ2n) is 5.84. The van der Waals surface area contributed by atoms with Gasteiger partial charge in [0, 0.05) is 12.2 Å². The van der Waals surface area contributed by atoms with Crippen molar-refractivity contribution >= 4 is 11.7 Å². The number of hydrogen-bond acceptors (Lipinski definition) is 4. The summed E-state index contributed by atoms with van der Waals surface area (Å²) in [6.45, 7) is 1.17. The molecule has 4 heteroatoms. The molecule has 3 rings (SSSR count). The summed E-state index contributed by atoms with van der Waals surface area (Å²) in [7, 11) is 1.37. The van der Waals surface area contributed by atoms with Gasteiger partial charge in [-0.05, 0) is 47.5 Å². The van der Waals surface area contributed by atoms with Gasteiger partial charge in [-0.3, -0.25) is 0 Å². The van der Waals surface area contributed by atoms with Gasteiger partial charge in [-0.25, -0.2) is 4.79 Å². The standard InChI is InChI=1S/C22H21NO3/c1-25-22(24)19-12-10-17(11-13-19)16-26-21-9-5-6-18(14-21)15-23-20-7-3-2-4-8-20/h2-14,23H,15-16H2,1H3. The molecular formula is C22H21NO3. The van der Waals surface area contributed by atoms with Crippen molar-refractivity contribution in [2.45, 2.75) is 13.2 Å². The third kappa shape index (κ3) is 4.86. The van der Waals surface area contributed by atoms with Crippen LogP contribution in [0.15, 0.2) is 78.9 Å². The molecule has 3 aromatic rings. The predicted molar refractivity (Wildman–Crippen MR) is 102 cm³/mol. The van der Waals surface area contributed by atoms with Crippen LogP contribution in [0, 0.1) is 0 Å². The van der Waals surface area contributed by atoms with Crippen molar-refractivity contribution in [3.8, 4) is 5.75 Å². The Morgan fingerprint density at radius 2 is 1.65 bits per heavy atom. The summed E-state index contributed by atoms with van der Waals surface area (Å²) in [6, 6.07) is 25.3. The van der Waals surface area contributed by atoms with Gasteiger partial charge in [0.2, 0.25) is 0 Å². The van der Waals surface area contributed by atoms with Gasteiger partial charge in [0.05, 0.1) is 12.7 Å². The zero-order valence-electron chi connectivity index (χ0n) is 14.6. The number of rotatable bonds is 7. The van der Waals surface area contributed by atoms with Gasteiger partial charge in [0.1, 0.15) is 12.4 Å². The fourth-order valence-electron chi connectivity index (χ4n) is 2.53. The van der Waals surface area contributed by atoms with E-state index in [1.807, 2.05) is 60.7 Å². The number of para-hydroxylation sites is 1. The average molecular weight is 347 g/mol. The van der Waals surface area contributed by atoms with Crippen LogP contribution in [-0.2, 0) is 17.9 Å². The first-order chi connectivity index (χ1) is 12.7. The third-order valence-corrected chi connectivity index (χ3v) is 3.95. The van der Waals surface area contributed by atoms with Crippen LogP contribution in [0.1, 0.15) is 21.5 Å². The van der Waals surface area contributed by atoms with Crippen LogP contribution in [0.3, 0.4) is 0 Å². The van der Waals surface area contributed by atoms with Gasteiger partial charge in [-0.2, -0.15) is 0 Å². The van der Waals surface area contributed by atoms with Crippen LogP contribution in [0.5, 0.6) is 5.75 Å². The van der Waals surface area contributed by atoms with E-state index in [1.165, 1.54) is 7.11 Å². The summed E-state index contributed by atoms with van der Waals surface area (Å²) < 4.78 is 10.6. The van der Waals surface area contributed by atoms with Gasteiger partial charge in [0.25, 0.3) is 0 Å². The van der Waals surface area contributed by atoms with Crippen LogP contribution in [0.25, 0.3) is 0 Å². The summed E-state index contributed by atoms with van der Waals surface area (Å²) in [5.41, 5.74) is 3.76. The molecule has 0 aliphatic rings. The molecule has 0 radical (unpaired) electrons. The molecule has 26 heavy (non-hydrogen) atoms. The number of benzene rings is 3. The molecule has 0 spiro atoms. The Hall–Kier alpha value is -3.27. The van der Waals surface area contributed by atoms with E-state index in [-0.39, 0.29) is 5.97 Å². The van der Waals surface area contributed by atoms with Crippen LogP contribution in [0.2, 0.25) is 0 Å². The minimum atomic E-state index is -0.337. The fourth-order valence-corrected chi connectivity index (χ4v) is 2.53. The van der Waals surface area contributed by atoms with Gasteiger partial charge in [-0.15, -0.1) is 0 Å². The van der Waals surface area contributed by atoms with Crippen molar-refractivity contribution in [3.05, 3.63) is 95.6 Å². The van der Waals surface area contributed by atoms with E-state index in [1.54, 1.807) is 12.1 Å².